The molecule has 0 aromatic heterocycles. The van der Waals surface area contributed by atoms with Gasteiger partial charge in [-0.15, -0.1) is 0 Å². The van der Waals surface area contributed by atoms with Crippen molar-refractivity contribution in [2.24, 2.45) is 5.92 Å². The summed E-state index contributed by atoms with van der Waals surface area (Å²) in [6, 6.07) is 3.15. The molecule has 0 saturated heterocycles. The quantitative estimate of drug-likeness (QED) is 0.786. The first-order chi connectivity index (χ1) is 9.93. The number of fused-ring (bicyclic) bond motifs is 1. The summed E-state index contributed by atoms with van der Waals surface area (Å²) < 4.78 is 10.5. The molecule has 1 atom stereocenters. The first-order valence-corrected chi connectivity index (χ1v) is 6.60. The van der Waals surface area contributed by atoms with E-state index in [4.69, 9.17) is 15.2 Å². The van der Waals surface area contributed by atoms with Crippen LogP contribution in [-0.2, 0) is 4.79 Å². The number of hydrogen-bond donors (Lipinski definition) is 2. The van der Waals surface area contributed by atoms with E-state index in [9.17, 15) is 9.59 Å². The molecule has 114 valence electrons. The zero-order valence-corrected chi connectivity index (χ0v) is 12.3. The molecule has 0 saturated carbocycles. The van der Waals surface area contributed by atoms with Crippen LogP contribution in [0, 0.1) is 5.92 Å². The van der Waals surface area contributed by atoms with E-state index in [-0.39, 0.29) is 24.5 Å². The van der Waals surface area contributed by atoms with Crippen LogP contribution >= 0.6 is 0 Å². The van der Waals surface area contributed by atoms with Crippen molar-refractivity contribution >= 4 is 17.5 Å². The topological polar surface area (TPSA) is 93.9 Å². The highest BCUT2D eigenvalue weighted by Crippen LogP contribution is 2.36. The number of nitrogens with one attached hydrogen (secondary N) is 1. The lowest BCUT2D eigenvalue weighted by atomic mass is 10.1. The largest absolute Gasteiger partial charge is 0.454 e. The summed E-state index contributed by atoms with van der Waals surface area (Å²) in [5.74, 6) is 0.347. The van der Waals surface area contributed by atoms with Crippen LogP contribution in [0.2, 0.25) is 0 Å². The van der Waals surface area contributed by atoms with E-state index >= 15 is 0 Å². The number of carbonyl (C=O) groups is 2. The molecule has 1 heterocycles. The second-order valence-corrected chi connectivity index (χ2v) is 4.99. The number of nitrogens with zero attached hydrogens (tertiary/aromatic N) is 1. The number of nitrogens with two attached hydrogens (primary N) is 1. The molecule has 1 unspecified atom stereocenters. The van der Waals surface area contributed by atoms with Crippen molar-refractivity contribution in [1.82, 2.24) is 10.2 Å². The van der Waals surface area contributed by atoms with E-state index < -0.39 is 0 Å². The van der Waals surface area contributed by atoms with Crippen molar-refractivity contribution < 1.29 is 19.1 Å². The van der Waals surface area contributed by atoms with Crippen molar-refractivity contribution in [3.8, 4) is 11.5 Å². The van der Waals surface area contributed by atoms with Crippen molar-refractivity contribution in [2.75, 3.05) is 33.2 Å². The van der Waals surface area contributed by atoms with Crippen molar-refractivity contribution in [3.05, 3.63) is 17.7 Å². The Hall–Kier alpha value is -2.44. The predicted octanol–water partition coefficient (Wildman–Crippen LogP) is 0.452. The maximum atomic E-state index is 12.4. The number of hydrogen-bond acceptors (Lipinski definition) is 5. The molecule has 0 fully saturated rings. The maximum Gasteiger partial charge on any atom is 0.255 e. The minimum Gasteiger partial charge on any atom is -0.454 e. The molecular weight excluding hydrogens is 274 g/mol. The van der Waals surface area contributed by atoms with Crippen LogP contribution in [-0.4, -0.2) is 44.1 Å². The highest BCUT2D eigenvalue weighted by atomic mass is 16.7. The van der Waals surface area contributed by atoms with Gasteiger partial charge in [-0.3, -0.25) is 9.59 Å². The first kappa shape index (κ1) is 15.0. The van der Waals surface area contributed by atoms with Gasteiger partial charge in [-0.1, -0.05) is 6.92 Å². The summed E-state index contributed by atoms with van der Waals surface area (Å²) in [6.45, 7) is 2.17. The van der Waals surface area contributed by atoms with Crippen LogP contribution in [0.25, 0.3) is 0 Å². The summed E-state index contributed by atoms with van der Waals surface area (Å²) in [5.41, 5.74) is 6.55. The van der Waals surface area contributed by atoms with Gasteiger partial charge in [-0.25, -0.2) is 0 Å². The van der Waals surface area contributed by atoms with E-state index in [0.717, 1.165) is 0 Å². The number of nitrogen functional groups attached to an aromatic ring is 1. The van der Waals surface area contributed by atoms with Gasteiger partial charge < -0.3 is 25.4 Å². The predicted molar refractivity (Wildman–Crippen MR) is 77.2 cm³/mol. The van der Waals surface area contributed by atoms with E-state index in [1.165, 1.54) is 4.90 Å². The molecule has 2 rings (SSSR count). The van der Waals surface area contributed by atoms with Gasteiger partial charge in [0.1, 0.15) is 0 Å². The van der Waals surface area contributed by atoms with Gasteiger partial charge in [-0.2, -0.15) is 0 Å². The molecule has 7 heteroatoms. The lowest BCUT2D eigenvalue weighted by molar-refractivity contribution is -0.124. The van der Waals surface area contributed by atoms with Crippen LogP contribution in [0.4, 0.5) is 5.69 Å². The van der Waals surface area contributed by atoms with Gasteiger partial charge in [0.05, 0.1) is 11.5 Å². The highest BCUT2D eigenvalue weighted by Gasteiger charge is 2.23. The molecule has 7 nitrogen and oxygen atoms in total. The summed E-state index contributed by atoms with van der Waals surface area (Å²) in [4.78, 5) is 25.4. The van der Waals surface area contributed by atoms with Gasteiger partial charge in [0, 0.05) is 32.4 Å². The average molecular weight is 293 g/mol. The Balaban J connectivity index is 2.14. The number of anilines is 1. The molecule has 2 amide bonds. The van der Waals surface area contributed by atoms with Crippen molar-refractivity contribution in [2.45, 2.75) is 6.92 Å². The number of carbonyl (C=O) groups excluding carboxylic acids is 2. The molecule has 0 spiro atoms. The summed E-state index contributed by atoms with van der Waals surface area (Å²) in [7, 11) is 3.20. The molecule has 0 radical (unpaired) electrons. The van der Waals surface area contributed by atoms with Crippen LogP contribution in [0.1, 0.15) is 17.3 Å². The van der Waals surface area contributed by atoms with Crippen LogP contribution in [0.3, 0.4) is 0 Å². The van der Waals surface area contributed by atoms with Gasteiger partial charge >= 0.3 is 0 Å². The monoisotopic (exact) mass is 293 g/mol. The Morgan fingerprint density at radius 3 is 2.62 bits per heavy atom. The first-order valence-electron chi connectivity index (χ1n) is 6.60. The third kappa shape index (κ3) is 3.01. The number of benzene rings is 1. The summed E-state index contributed by atoms with van der Waals surface area (Å²) >= 11 is 0. The van der Waals surface area contributed by atoms with Crippen LogP contribution in [0.15, 0.2) is 12.1 Å². The third-order valence-corrected chi connectivity index (χ3v) is 3.36. The number of rotatable bonds is 4. The Kier molecular flexibility index (Phi) is 4.21. The second kappa shape index (κ2) is 5.90. The Bertz CT molecular complexity index is 574. The van der Waals surface area contributed by atoms with Crippen molar-refractivity contribution in [3.63, 3.8) is 0 Å². The number of ether oxygens (including phenoxy) is 2. The molecule has 3 N–H and O–H groups in total. The van der Waals surface area contributed by atoms with Crippen molar-refractivity contribution in [1.29, 1.82) is 0 Å². The fourth-order valence-electron chi connectivity index (χ4n) is 2.17. The van der Waals surface area contributed by atoms with Gasteiger partial charge in [0.25, 0.3) is 5.91 Å². The van der Waals surface area contributed by atoms with Crippen LogP contribution in [0.5, 0.6) is 11.5 Å². The Morgan fingerprint density at radius 2 is 2.00 bits per heavy atom. The summed E-state index contributed by atoms with van der Waals surface area (Å²) in [5, 5.41) is 2.56. The maximum absolute atomic E-state index is 12.4. The molecule has 21 heavy (non-hydrogen) atoms. The molecular formula is C14H19N3O4. The zero-order chi connectivity index (χ0) is 15.6. The Labute approximate surface area is 123 Å². The normalized spacial score (nSPS) is 13.7. The SMILES string of the molecule is CNC(=O)C(C)CN(C)C(=O)c1cc2c(cc1N)OCO2. The van der Waals surface area contributed by atoms with Gasteiger partial charge in [0.15, 0.2) is 11.5 Å². The van der Waals surface area contributed by atoms with E-state index in [2.05, 4.69) is 5.32 Å². The van der Waals surface area contributed by atoms with E-state index in [1.54, 1.807) is 33.2 Å². The highest BCUT2D eigenvalue weighted by molar-refractivity contribution is 6.00. The second-order valence-electron chi connectivity index (χ2n) is 4.99. The fourth-order valence-corrected chi connectivity index (χ4v) is 2.17. The Morgan fingerprint density at radius 1 is 1.38 bits per heavy atom. The molecule has 1 aromatic carbocycles. The van der Waals surface area contributed by atoms with Gasteiger partial charge in [-0.05, 0) is 6.07 Å². The van der Waals surface area contributed by atoms with Crippen LogP contribution < -0.4 is 20.5 Å². The lowest BCUT2D eigenvalue weighted by Gasteiger charge is -2.21. The molecule has 1 aromatic rings. The van der Waals surface area contributed by atoms with E-state index in [0.29, 0.717) is 29.3 Å². The molecule has 1 aliphatic rings. The standard InChI is InChI=1S/C14H19N3O4/c1-8(13(18)16-2)6-17(3)14(19)9-4-11-12(5-10(9)15)21-7-20-11/h4-5,8H,6-7,15H2,1-3H3,(H,16,18). The average Bonchev–Trinajstić information content (AvgIpc) is 2.91. The smallest absolute Gasteiger partial charge is 0.255 e. The summed E-state index contributed by atoms with van der Waals surface area (Å²) in [6.07, 6.45) is 0. The molecule has 0 aliphatic carbocycles. The van der Waals surface area contributed by atoms with E-state index in [1.807, 2.05) is 0 Å². The lowest BCUT2D eigenvalue weighted by Crippen LogP contribution is -2.37. The zero-order valence-electron chi connectivity index (χ0n) is 12.3. The third-order valence-electron chi connectivity index (χ3n) is 3.36. The van der Waals surface area contributed by atoms with Gasteiger partial charge in [0.2, 0.25) is 12.7 Å². The molecule has 1 aliphatic heterocycles. The number of amides is 2. The molecule has 0 bridgehead atoms. The fraction of sp³-hybridized carbons (Fsp3) is 0.429. The minimum atomic E-state index is -0.306. The minimum absolute atomic E-state index is 0.117.